The first-order chi connectivity index (χ1) is 17.6. The molecule has 0 bridgehead atoms. The van der Waals surface area contributed by atoms with E-state index in [1.165, 1.54) is 0 Å². The van der Waals surface area contributed by atoms with Gasteiger partial charge in [0.15, 0.2) is 11.5 Å². The van der Waals surface area contributed by atoms with Gasteiger partial charge in [0.05, 0.1) is 33.2 Å². The van der Waals surface area contributed by atoms with Crippen LogP contribution >= 0.6 is 0 Å². The highest BCUT2D eigenvalue weighted by molar-refractivity contribution is 5.99. The van der Waals surface area contributed by atoms with Crippen molar-refractivity contribution in [3.8, 4) is 17.2 Å². The van der Waals surface area contributed by atoms with Crippen LogP contribution in [0.4, 0.5) is 22.0 Å². The average molecular weight is 492 g/mol. The molecule has 3 aromatic rings. The van der Waals surface area contributed by atoms with Crippen LogP contribution in [0.15, 0.2) is 60.8 Å². The third kappa shape index (κ3) is 6.17. The third-order valence-corrected chi connectivity index (χ3v) is 6.13. The first-order valence-electron chi connectivity index (χ1n) is 12.0. The topological polar surface area (TPSA) is 88.2 Å². The Balaban J connectivity index is 1.34. The van der Waals surface area contributed by atoms with Crippen LogP contribution in [-0.4, -0.2) is 63.4 Å². The van der Waals surface area contributed by atoms with Crippen LogP contribution in [0.2, 0.25) is 0 Å². The lowest BCUT2D eigenvalue weighted by Gasteiger charge is -2.24. The summed E-state index contributed by atoms with van der Waals surface area (Å²) in [6.07, 6.45) is 2.70. The Hall–Kier alpha value is -3.98. The van der Waals surface area contributed by atoms with Gasteiger partial charge >= 0.3 is 6.03 Å². The molecular formula is C27H33N5O4. The van der Waals surface area contributed by atoms with Gasteiger partial charge in [-0.25, -0.2) is 9.78 Å². The zero-order valence-electron chi connectivity index (χ0n) is 21.0. The number of urea groups is 1. The van der Waals surface area contributed by atoms with Crippen molar-refractivity contribution >= 4 is 23.2 Å². The molecule has 0 unspecified atom stereocenters. The van der Waals surface area contributed by atoms with Crippen molar-refractivity contribution in [3.63, 3.8) is 0 Å². The number of pyridine rings is 1. The first-order valence-corrected chi connectivity index (χ1v) is 12.0. The van der Waals surface area contributed by atoms with Crippen molar-refractivity contribution < 1.29 is 19.0 Å². The van der Waals surface area contributed by atoms with Gasteiger partial charge in [0.25, 0.3) is 0 Å². The Labute approximate surface area is 212 Å². The van der Waals surface area contributed by atoms with Crippen LogP contribution in [0.5, 0.6) is 17.2 Å². The highest BCUT2D eigenvalue weighted by Crippen LogP contribution is 2.40. The molecule has 4 rings (SSSR count). The minimum Gasteiger partial charge on any atom is -0.493 e. The summed E-state index contributed by atoms with van der Waals surface area (Å²) in [5.41, 5.74) is 2.44. The number of hydrogen-bond donors (Lipinski definition) is 2. The minimum atomic E-state index is -0.299. The Kier molecular flexibility index (Phi) is 8.46. The molecule has 2 N–H and O–H groups in total. The summed E-state index contributed by atoms with van der Waals surface area (Å²) < 4.78 is 16.6. The van der Waals surface area contributed by atoms with Crippen LogP contribution in [0.3, 0.4) is 0 Å². The highest BCUT2D eigenvalue weighted by Gasteiger charge is 2.21. The second-order valence-electron chi connectivity index (χ2n) is 8.46. The number of ether oxygens (including phenoxy) is 3. The van der Waals surface area contributed by atoms with Gasteiger partial charge in [-0.15, -0.1) is 0 Å². The molecule has 2 amide bonds. The molecule has 9 heteroatoms. The van der Waals surface area contributed by atoms with Crippen LogP contribution in [0.25, 0.3) is 0 Å². The van der Waals surface area contributed by atoms with Crippen molar-refractivity contribution in [2.75, 3.05) is 63.0 Å². The summed E-state index contributed by atoms with van der Waals surface area (Å²) in [5, 5.41) is 5.63. The highest BCUT2D eigenvalue weighted by atomic mass is 16.5. The van der Waals surface area contributed by atoms with Crippen molar-refractivity contribution in [1.29, 1.82) is 0 Å². The van der Waals surface area contributed by atoms with Crippen molar-refractivity contribution in [2.45, 2.75) is 13.0 Å². The van der Waals surface area contributed by atoms with E-state index in [0.717, 1.165) is 56.2 Å². The number of methoxy groups -OCH3 is 3. The molecule has 1 aliphatic rings. The fraction of sp³-hybridized carbons (Fsp3) is 0.333. The van der Waals surface area contributed by atoms with Gasteiger partial charge < -0.3 is 29.7 Å². The Morgan fingerprint density at radius 2 is 1.61 bits per heavy atom. The fourth-order valence-electron chi connectivity index (χ4n) is 4.35. The monoisotopic (exact) mass is 491 g/mol. The van der Waals surface area contributed by atoms with E-state index in [9.17, 15) is 4.79 Å². The zero-order chi connectivity index (χ0) is 25.3. The number of para-hydroxylation sites is 1. The number of nitrogens with zero attached hydrogens (tertiary/aromatic N) is 3. The second kappa shape index (κ2) is 12.1. The second-order valence-corrected chi connectivity index (χ2v) is 8.46. The van der Waals surface area contributed by atoms with Gasteiger partial charge in [0, 0.05) is 44.0 Å². The predicted molar refractivity (Wildman–Crippen MR) is 142 cm³/mol. The number of benzene rings is 2. The van der Waals surface area contributed by atoms with Gasteiger partial charge in [-0.05, 0) is 36.8 Å². The Morgan fingerprint density at radius 3 is 2.31 bits per heavy atom. The van der Waals surface area contributed by atoms with Crippen LogP contribution < -0.4 is 29.7 Å². The van der Waals surface area contributed by atoms with Gasteiger partial charge in [0.1, 0.15) is 5.82 Å². The van der Waals surface area contributed by atoms with Crippen molar-refractivity contribution in [2.24, 2.45) is 0 Å². The molecule has 2 heterocycles. The molecule has 0 saturated carbocycles. The van der Waals surface area contributed by atoms with E-state index in [2.05, 4.69) is 25.4 Å². The average Bonchev–Trinajstić information content (AvgIpc) is 3.15. The molecule has 1 saturated heterocycles. The quantitative estimate of drug-likeness (QED) is 0.481. The molecule has 0 atom stereocenters. The molecule has 1 aromatic heterocycles. The maximum Gasteiger partial charge on any atom is 0.323 e. The summed E-state index contributed by atoms with van der Waals surface area (Å²) in [5.74, 6) is 2.87. The number of hydrogen-bond acceptors (Lipinski definition) is 7. The predicted octanol–water partition coefficient (Wildman–Crippen LogP) is 4.46. The number of aromatic nitrogens is 1. The molecule has 1 aliphatic heterocycles. The fourth-order valence-corrected chi connectivity index (χ4v) is 4.35. The lowest BCUT2D eigenvalue weighted by atomic mass is 10.1. The normalized spacial score (nSPS) is 14.0. The molecule has 1 fully saturated rings. The minimum absolute atomic E-state index is 0.299. The number of anilines is 3. The Morgan fingerprint density at radius 1 is 0.833 bits per heavy atom. The molecule has 0 aliphatic carbocycles. The van der Waals surface area contributed by atoms with Gasteiger partial charge in [-0.3, -0.25) is 4.90 Å². The standard InChI is InChI=1S/C27H33N5O4/c1-34-23-12-10-20(25(35-2)26(23)36-3)19-31-14-7-15-32(17-16-31)24-13-11-22(18-28-24)30-27(33)29-21-8-5-4-6-9-21/h4-6,8-13,18H,7,14-17,19H2,1-3H3,(H2,29,30,33). The van der Waals surface area contributed by atoms with E-state index in [4.69, 9.17) is 14.2 Å². The lowest BCUT2D eigenvalue weighted by molar-refractivity contribution is 0.262. The largest absolute Gasteiger partial charge is 0.493 e. The van der Waals surface area contributed by atoms with Gasteiger partial charge in [0.2, 0.25) is 5.75 Å². The van der Waals surface area contributed by atoms with Crippen LogP contribution in [-0.2, 0) is 6.54 Å². The van der Waals surface area contributed by atoms with Crippen LogP contribution in [0.1, 0.15) is 12.0 Å². The third-order valence-electron chi connectivity index (χ3n) is 6.13. The van der Waals surface area contributed by atoms with Gasteiger partial charge in [-0.1, -0.05) is 24.3 Å². The SMILES string of the molecule is COc1ccc(CN2CCCN(c3ccc(NC(=O)Nc4ccccc4)cn3)CC2)c(OC)c1OC. The van der Waals surface area contributed by atoms with Crippen LogP contribution in [0, 0.1) is 0 Å². The molecular weight excluding hydrogens is 458 g/mol. The van der Waals surface area contributed by atoms with Crippen molar-refractivity contribution in [3.05, 3.63) is 66.4 Å². The molecule has 9 nitrogen and oxygen atoms in total. The zero-order valence-corrected chi connectivity index (χ0v) is 21.0. The number of amides is 2. The number of carbonyl (C=O) groups excluding carboxylic acids is 1. The lowest BCUT2D eigenvalue weighted by Crippen LogP contribution is -2.31. The molecule has 2 aromatic carbocycles. The summed E-state index contributed by atoms with van der Waals surface area (Å²) in [4.78, 5) is 21.5. The molecule has 36 heavy (non-hydrogen) atoms. The maximum absolute atomic E-state index is 12.2. The molecule has 0 radical (unpaired) electrons. The number of carbonyl (C=O) groups is 1. The summed E-state index contributed by atoms with van der Waals surface area (Å²) in [6, 6.07) is 16.8. The van der Waals surface area contributed by atoms with E-state index in [1.807, 2.05) is 54.6 Å². The summed E-state index contributed by atoms with van der Waals surface area (Å²) >= 11 is 0. The van der Waals surface area contributed by atoms with E-state index in [1.54, 1.807) is 27.5 Å². The maximum atomic E-state index is 12.2. The van der Waals surface area contributed by atoms with Crippen molar-refractivity contribution in [1.82, 2.24) is 9.88 Å². The number of nitrogens with one attached hydrogen (secondary N) is 2. The molecule has 190 valence electrons. The first kappa shape index (κ1) is 25.1. The Bertz CT molecular complexity index is 1140. The van der Waals surface area contributed by atoms with E-state index >= 15 is 0 Å². The number of rotatable bonds is 8. The summed E-state index contributed by atoms with van der Waals surface area (Å²) in [7, 11) is 4.90. The summed E-state index contributed by atoms with van der Waals surface area (Å²) in [6.45, 7) is 4.37. The smallest absolute Gasteiger partial charge is 0.323 e. The van der Waals surface area contributed by atoms with E-state index < -0.39 is 0 Å². The molecule has 0 spiro atoms. The van der Waals surface area contributed by atoms with E-state index in [0.29, 0.717) is 22.9 Å². The van der Waals surface area contributed by atoms with E-state index in [-0.39, 0.29) is 6.03 Å². The van der Waals surface area contributed by atoms with Gasteiger partial charge in [-0.2, -0.15) is 0 Å².